The Morgan fingerprint density at radius 1 is 1.04 bits per heavy atom. The molecule has 5 nitrogen and oxygen atoms in total. The fraction of sp³-hybridized carbons (Fsp3) is 0.286. The normalized spacial score (nSPS) is 10.0. The second kappa shape index (κ2) is 10.00. The molecule has 2 aromatic carbocycles. The summed E-state index contributed by atoms with van der Waals surface area (Å²) in [6, 6.07) is 19.0. The minimum Gasteiger partial charge on any atom is -0.342 e. The van der Waals surface area contributed by atoms with Gasteiger partial charge in [-0.2, -0.15) is 5.26 Å². The number of carbonyl (C=O) groups excluding carboxylic acids is 2. The lowest BCUT2D eigenvalue weighted by molar-refractivity contribution is -0.129. The van der Waals surface area contributed by atoms with Crippen LogP contribution in [0, 0.1) is 11.3 Å². The van der Waals surface area contributed by atoms with E-state index in [0.717, 1.165) is 12.8 Å². The Kier molecular flexibility index (Phi) is 7.38. The van der Waals surface area contributed by atoms with E-state index in [0.29, 0.717) is 24.3 Å². The van der Waals surface area contributed by atoms with Gasteiger partial charge in [0.05, 0.1) is 11.3 Å². The van der Waals surface area contributed by atoms with Gasteiger partial charge >= 0.3 is 0 Å². The molecule has 0 aliphatic carbocycles. The molecule has 134 valence electrons. The lowest BCUT2D eigenvalue weighted by Crippen LogP contribution is -2.33. The highest BCUT2D eigenvalue weighted by atomic mass is 16.2. The molecule has 0 spiro atoms. The zero-order valence-electron chi connectivity index (χ0n) is 14.9. The summed E-state index contributed by atoms with van der Waals surface area (Å²) in [5.41, 5.74) is 2.16. The number of nitriles is 1. The van der Waals surface area contributed by atoms with E-state index in [9.17, 15) is 9.59 Å². The lowest BCUT2D eigenvalue weighted by atomic mass is 10.1. The van der Waals surface area contributed by atoms with Crippen LogP contribution in [-0.2, 0) is 16.0 Å². The molecule has 2 amide bonds. The van der Waals surface area contributed by atoms with Gasteiger partial charge in [-0.3, -0.25) is 9.59 Å². The summed E-state index contributed by atoms with van der Waals surface area (Å²) in [5, 5.41) is 11.8. The monoisotopic (exact) mass is 349 g/mol. The number of nitrogens with one attached hydrogen (secondary N) is 1. The molecular weight excluding hydrogens is 326 g/mol. The number of anilines is 1. The maximum absolute atomic E-state index is 12.1. The Morgan fingerprint density at radius 3 is 2.42 bits per heavy atom. The van der Waals surface area contributed by atoms with Crippen LogP contribution < -0.4 is 5.32 Å². The minimum atomic E-state index is -0.206. The van der Waals surface area contributed by atoms with Crippen LogP contribution in [0.2, 0.25) is 0 Å². The molecule has 2 rings (SSSR count). The van der Waals surface area contributed by atoms with Crippen LogP contribution in [0.25, 0.3) is 0 Å². The van der Waals surface area contributed by atoms with E-state index in [1.807, 2.05) is 24.3 Å². The first kappa shape index (κ1) is 19.2. The Balaban J connectivity index is 1.81. The highest BCUT2D eigenvalue weighted by Crippen LogP contribution is 2.14. The summed E-state index contributed by atoms with van der Waals surface area (Å²) in [7, 11) is 0. The predicted molar refractivity (Wildman–Crippen MR) is 101 cm³/mol. The number of aryl methyl sites for hydroxylation is 1. The summed E-state index contributed by atoms with van der Waals surface area (Å²) in [6.07, 6.45) is 1.94. The van der Waals surface area contributed by atoms with Crippen LogP contribution in [0.1, 0.15) is 30.9 Å². The van der Waals surface area contributed by atoms with Crippen LogP contribution in [0.3, 0.4) is 0 Å². The van der Waals surface area contributed by atoms with Crippen molar-refractivity contribution in [2.75, 3.05) is 18.4 Å². The number of carbonyl (C=O) groups is 2. The maximum atomic E-state index is 12.1. The zero-order valence-corrected chi connectivity index (χ0v) is 14.9. The Labute approximate surface area is 154 Å². The molecule has 0 aliphatic heterocycles. The third-order valence-electron chi connectivity index (χ3n) is 4.11. The number of para-hydroxylation sites is 1. The average molecular weight is 349 g/mol. The lowest BCUT2D eigenvalue weighted by Gasteiger charge is -2.21. The third-order valence-corrected chi connectivity index (χ3v) is 4.11. The molecule has 2 aromatic rings. The van der Waals surface area contributed by atoms with Gasteiger partial charge < -0.3 is 10.2 Å². The summed E-state index contributed by atoms with van der Waals surface area (Å²) in [4.78, 5) is 25.6. The first-order chi connectivity index (χ1) is 12.6. The maximum Gasteiger partial charge on any atom is 0.226 e. The van der Waals surface area contributed by atoms with E-state index in [4.69, 9.17) is 5.26 Å². The smallest absolute Gasteiger partial charge is 0.226 e. The van der Waals surface area contributed by atoms with Crippen molar-refractivity contribution in [1.29, 1.82) is 5.26 Å². The van der Waals surface area contributed by atoms with Crippen LogP contribution in [0.4, 0.5) is 5.69 Å². The average Bonchev–Trinajstić information content (AvgIpc) is 2.65. The van der Waals surface area contributed by atoms with Crippen molar-refractivity contribution in [2.24, 2.45) is 0 Å². The Hall–Kier alpha value is -3.13. The molecule has 0 saturated heterocycles. The van der Waals surface area contributed by atoms with Crippen LogP contribution in [0.15, 0.2) is 54.6 Å². The Morgan fingerprint density at radius 2 is 1.73 bits per heavy atom. The summed E-state index contributed by atoms with van der Waals surface area (Å²) in [6.45, 7) is 2.50. The largest absolute Gasteiger partial charge is 0.342 e. The molecule has 0 unspecified atom stereocenters. The quantitative estimate of drug-likeness (QED) is 0.794. The first-order valence-corrected chi connectivity index (χ1v) is 8.68. The number of rotatable bonds is 8. The predicted octanol–water partition coefficient (Wildman–Crippen LogP) is 3.37. The van der Waals surface area contributed by atoms with E-state index >= 15 is 0 Å². The molecular formula is C21H23N3O2. The standard InChI is InChI=1S/C21H23N3O2/c1-17(25)24(14-7-10-18-8-3-2-4-9-18)15-13-21(26)23-20-12-6-5-11-19(20)16-22/h2-6,8-9,11-12H,7,10,13-15H2,1H3,(H,23,26). The number of nitrogens with zero attached hydrogens (tertiary/aromatic N) is 2. The highest BCUT2D eigenvalue weighted by Gasteiger charge is 2.12. The SMILES string of the molecule is CC(=O)N(CCCc1ccccc1)CCC(=O)Nc1ccccc1C#N. The molecule has 5 heteroatoms. The molecule has 26 heavy (non-hydrogen) atoms. The number of benzene rings is 2. The summed E-state index contributed by atoms with van der Waals surface area (Å²) < 4.78 is 0. The van der Waals surface area contributed by atoms with Gasteiger partial charge in [0.25, 0.3) is 0 Å². The van der Waals surface area contributed by atoms with Gasteiger partial charge in [-0.05, 0) is 30.5 Å². The molecule has 0 aromatic heterocycles. The van der Waals surface area contributed by atoms with Gasteiger partial charge in [0.2, 0.25) is 11.8 Å². The van der Waals surface area contributed by atoms with Crippen molar-refractivity contribution >= 4 is 17.5 Å². The molecule has 0 heterocycles. The molecule has 0 bridgehead atoms. The van der Waals surface area contributed by atoms with E-state index in [1.165, 1.54) is 12.5 Å². The van der Waals surface area contributed by atoms with Crippen LogP contribution in [-0.4, -0.2) is 29.8 Å². The van der Waals surface area contributed by atoms with E-state index in [2.05, 4.69) is 17.4 Å². The van der Waals surface area contributed by atoms with E-state index < -0.39 is 0 Å². The van der Waals surface area contributed by atoms with Crippen molar-refractivity contribution in [3.8, 4) is 6.07 Å². The fourth-order valence-electron chi connectivity index (χ4n) is 2.68. The van der Waals surface area contributed by atoms with Crippen molar-refractivity contribution in [1.82, 2.24) is 4.90 Å². The fourth-order valence-corrected chi connectivity index (χ4v) is 2.68. The molecule has 0 radical (unpaired) electrons. The summed E-state index contributed by atoms with van der Waals surface area (Å²) >= 11 is 0. The first-order valence-electron chi connectivity index (χ1n) is 8.68. The van der Waals surface area contributed by atoms with Crippen molar-refractivity contribution < 1.29 is 9.59 Å². The van der Waals surface area contributed by atoms with Gasteiger partial charge in [0, 0.05) is 26.4 Å². The van der Waals surface area contributed by atoms with Gasteiger partial charge in [-0.1, -0.05) is 42.5 Å². The number of hydrogen-bond acceptors (Lipinski definition) is 3. The van der Waals surface area contributed by atoms with Gasteiger partial charge in [-0.15, -0.1) is 0 Å². The number of hydrogen-bond donors (Lipinski definition) is 1. The molecule has 0 saturated carbocycles. The molecule has 0 atom stereocenters. The van der Waals surface area contributed by atoms with Crippen molar-refractivity contribution in [3.05, 3.63) is 65.7 Å². The van der Waals surface area contributed by atoms with Crippen LogP contribution >= 0.6 is 0 Å². The minimum absolute atomic E-state index is 0.0386. The topological polar surface area (TPSA) is 73.2 Å². The highest BCUT2D eigenvalue weighted by molar-refractivity contribution is 5.92. The van der Waals surface area contributed by atoms with Gasteiger partial charge in [0.1, 0.15) is 6.07 Å². The van der Waals surface area contributed by atoms with Crippen molar-refractivity contribution in [3.63, 3.8) is 0 Å². The molecule has 0 aliphatic rings. The van der Waals surface area contributed by atoms with Gasteiger partial charge in [-0.25, -0.2) is 0 Å². The Bertz CT molecular complexity index is 781. The van der Waals surface area contributed by atoms with Crippen LogP contribution in [0.5, 0.6) is 0 Å². The number of amides is 2. The zero-order chi connectivity index (χ0) is 18.8. The van der Waals surface area contributed by atoms with Gasteiger partial charge in [0.15, 0.2) is 0 Å². The second-order valence-electron chi connectivity index (χ2n) is 6.05. The van der Waals surface area contributed by atoms with E-state index in [1.54, 1.807) is 29.2 Å². The second-order valence-corrected chi connectivity index (χ2v) is 6.05. The molecule has 0 fully saturated rings. The van der Waals surface area contributed by atoms with Crippen molar-refractivity contribution in [2.45, 2.75) is 26.2 Å². The third kappa shape index (κ3) is 6.06. The summed E-state index contributed by atoms with van der Waals surface area (Å²) in [5.74, 6) is -0.245. The van der Waals surface area contributed by atoms with E-state index in [-0.39, 0.29) is 18.2 Å². The molecule has 1 N–H and O–H groups in total.